The summed E-state index contributed by atoms with van der Waals surface area (Å²) in [5.41, 5.74) is 0. The van der Waals surface area contributed by atoms with Crippen LogP contribution >= 0.6 is 0 Å². The van der Waals surface area contributed by atoms with E-state index in [4.69, 9.17) is 14.3 Å². The van der Waals surface area contributed by atoms with E-state index in [1.807, 2.05) is 27.7 Å². The van der Waals surface area contributed by atoms with E-state index in [2.05, 4.69) is 20.9 Å². The Kier molecular flexibility index (Phi) is 29.8. The lowest BCUT2D eigenvalue weighted by Gasteiger charge is -2.50. The number of carbonyl (C=O) groups excluding carboxylic acids is 11. The molecule has 92 heavy (non-hydrogen) atoms. The van der Waals surface area contributed by atoms with E-state index >= 15 is 24.0 Å². The molecule has 11 amide bonds. The van der Waals surface area contributed by atoms with Crippen LogP contribution in [-0.2, 0) is 67.1 Å². The van der Waals surface area contributed by atoms with Crippen molar-refractivity contribution in [3.05, 3.63) is 0 Å². The third kappa shape index (κ3) is 18.9. The van der Waals surface area contributed by atoms with Gasteiger partial charge in [0.1, 0.15) is 66.5 Å². The Morgan fingerprint density at radius 1 is 0.565 bits per heavy atom. The third-order valence-corrected chi connectivity index (χ3v) is 19.0. The second kappa shape index (κ2) is 34.9. The van der Waals surface area contributed by atoms with Crippen molar-refractivity contribution < 1.29 is 72.2 Å². The molecule has 4 rings (SSSR count). The number of ether oxygens (including phenoxy) is 2. The monoisotopic (exact) mass is 1300 g/mol. The fourth-order valence-corrected chi connectivity index (χ4v) is 13.0. The molecule has 4 heterocycles. The number of aliphatic hydroxyl groups is 1. The molecule has 0 aliphatic carbocycles. The standard InChI is InChI=1S/C65H114N12O15/c1-22-46-61(85)69(16)43(13)59(83)74(21)52(45(15)91-30-24-23-26-75-27-31-90-32-28-75)56(80)68-50(38(6)7)64(88)70(17)47(33-36(2)3)55(79)66-42(12)58(82)76-41(11)35-49(72(19)62(86)48(34-37(4)5)71(18)60(84)44(76)14)63(87)73(20)51(39(8)9)65(89)77-53(57(81)67-46)54(92-77)40(10)25-29-78/h36-54,78H,22-35H2,1-21H3,(H,66,79)(H,67,81)(H,68,80)/t40-,41?,42+,43-,44-,45-,46+,47+,48+,49+,50+,51+,52?,53+,54-/m1/s1. The smallest absolute Gasteiger partial charge is 0.270 e. The van der Waals surface area contributed by atoms with Crippen LogP contribution in [0.2, 0.25) is 0 Å². The number of rotatable bonds is 17. The molecule has 0 radical (unpaired) electrons. The highest BCUT2D eigenvalue weighted by molar-refractivity contribution is 6.00. The fraction of sp³-hybridized carbons (Fsp3) is 0.831. The highest BCUT2D eigenvalue weighted by Crippen LogP contribution is 2.34. The summed E-state index contributed by atoms with van der Waals surface area (Å²) >= 11 is 0. The normalized spacial score (nSPS) is 30.2. The van der Waals surface area contributed by atoms with Gasteiger partial charge in [-0.2, -0.15) is 0 Å². The molecule has 0 aromatic rings. The number of nitrogens with zero attached hydrogens (tertiary/aromatic N) is 9. The number of hydrogen-bond donors (Lipinski definition) is 4. The lowest BCUT2D eigenvalue weighted by atomic mass is 9.90. The quantitative estimate of drug-likeness (QED) is 0.149. The Morgan fingerprint density at radius 3 is 1.68 bits per heavy atom. The molecule has 0 spiro atoms. The number of aliphatic hydroxyl groups excluding tert-OH is 1. The van der Waals surface area contributed by atoms with Gasteiger partial charge in [-0.3, -0.25) is 62.5 Å². The molecule has 15 atom stereocenters. The van der Waals surface area contributed by atoms with Gasteiger partial charge in [0.15, 0.2) is 6.04 Å². The van der Waals surface area contributed by atoms with Crippen molar-refractivity contribution in [2.75, 3.05) is 88.3 Å². The summed E-state index contributed by atoms with van der Waals surface area (Å²) in [6.45, 7) is 29.1. The van der Waals surface area contributed by atoms with E-state index in [1.54, 1.807) is 55.4 Å². The Bertz CT molecular complexity index is 2570. The largest absolute Gasteiger partial charge is 0.396 e. The van der Waals surface area contributed by atoms with Crippen molar-refractivity contribution >= 4 is 65.0 Å². The number of hydrogen-bond acceptors (Lipinski definition) is 16. The van der Waals surface area contributed by atoms with Gasteiger partial charge in [0.2, 0.25) is 59.1 Å². The number of carbonyl (C=O) groups is 11. The summed E-state index contributed by atoms with van der Waals surface area (Å²) in [7, 11) is 8.53. The first-order valence-electron chi connectivity index (χ1n) is 33.3. The van der Waals surface area contributed by atoms with Crippen molar-refractivity contribution in [1.29, 1.82) is 0 Å². The minimum atomic E-state index is -1.39. The molecule has 27 heteroatoms. The van der Waals surface area contributed by atoms with Crippen molar-refractivity contribution in [3.8, 4) is 0 Å². The second-order valence-electron chi connectivity index (χ2n) is 27.7. The van der Waals surface area contributed by atoms with Crippen LogP contribution in [0.4, 0.5) is 0 Å². The van der Waals surface area contributed by atoms with Gasteiger partial charge in [0.05, 0.1) is 19.3 Å². The first-order valence-corrected chi connectivity index (χ1v) is 33.3. The molecule has 2 bridgehead atoms. The molecule has 2 unspecified atom stereocenters. The Hall–Kier alpha value is -6.03. The van der Waals surface area contributed by atoms with Crippen LogP contribution in [-0.4, -0.2) is 287 Å². The summed E-state index contributed by atoms with van der Waals surface area (Å²) in [5, 5.41) is 19.5. The molecule has 524 valence electrons. The highest BCUT2D eigenvalue weighted by Gasteiger charge is 2.55. The van der Waals surface area contributed by atoms with E-state index < -0.39 is 167 Å². The molecule has 0 aromatic carbocycles. The Balaban J connectivity index is 1.95. The van der Waals surface area contributed by atoms with E-state index in [9.17, 15) is 33.9 Å². The lowest BCUT2D eigenvalue weighted by Crippen LogP contribution is -2.72. The molecule has 0 saturated carbocycles. The molecule has 4 saturated heterocycles. The summed E-state index contributed by atoms with van der Waals surface area (Å²) in [4.78, 5) is 182. The maximum Gasteiger partial charge on any atom is 0.270 e. The number of morpholine rings is 1. The lowest BCUT2D eigenvalue weighted by molar-refractivity contribution is -0.322. The molecular weight excluding hydrogens is 1190 g/mol. The molecular formula is C65H114N12O15. The zero-order valence-corrected chi connectivity index (χ0v) is 59.1. The van der Waals surface area contributed by atoms with E-state index in [0.29, 0.717) is 19.6 Å². The van der Waals surface area contributed by atoms with Crippen LogP contribution in [0, 0.1) is 29.6 Å². The number of amides is 11. The zero-order chi connectivity index (χ0) is 69.7. The van der Waals surface area contributed by atoms with Crippen LogP contribution < -0.4 is 16.0 Å². The molecule has 4 fully saturated rings. The van der Waals surface area contributed by atoms with Crippen molar-refractivity contribution in [2.45, 2.75) is 234 Å². The number of hydroxylamine groups is 2. The average Bonchev–Trinajstić information content (AvgIpc) is 0.767. The van der Waals surface area contributed by atoms with Crippen LogP contribution in [0.3, 0.4) is 0 Å². The van der Waals surface area contributed by atoms with Crippen LogP contribution in [0.5, 0.6) is 0 Å². The highest BCUT2D eigenvalue weighted by atomic mass is 16.7. The summed E-state index contributed by atoms with van der Waals surface area (Å²) < 4.78 is 11.8. The van der Waals surface area contributed by atoms with E-state index in [1.165, 1.54) is 92.5 Å². The van der Waals surface area contributed by atoms with Gasteiger partial charge >= 0.3 is 0 Å². The van der Waals surface area contributed by atoms with Crippen molar-refractivity contribution in [3.63, 3.8) is 0 Å². The van der Waals surface area contributed by atoms with E-state index in [-0.39, 0.29) is 57.2 Å². The summed E-state index contributed by atoms with van der Waals surface area (Å²) in [6, 6.07) is -15.3. The van der Waals surface area contributed by atoms with Crippen molar-refractivity contribution in [1.82, 2.24) is 60.2 Å². The topological polar surface area (TPSA) is 301 Å². The third-order valence-electron chi connectivity index (χ3n) is 19.0. The molecule has 0 aromatic heterocycles. The summed E-state index contributed by atoms with van der Waals surface area (Å²) in [6.07, 6.45) is -0.359. The van der Waals surface area contributed by atoms with Gasteiger partial charge in [0.25, 0.3) is 5.91 Å². The number of likely N-dealkylation sites (N-methyl/N-ethyl adjacent to an activating group) is 6. The predicted molar refractivity (Wildman–Crippen MR) is 344 cm³/mol. The Labute approximate surface area is 546 Å². The minimum absolute atomic E-state index is 0.0187. The van der Waals surface area contributed by atoms with Crippen LogP contribution in [0.15, 0.2) is 0 Å². The number of nitrogens with one attached hydrogen (secondary N) is 3. The first-order chi connectivity index (χ1) is 43.0. The molecule has 4 aliphatic rings. The first kappa shape index (κ1) is 78.4. The minimum Gasteiger partial charge on any atom is -0.396 e. The number of unbranched alkanes of at least 4 members (excludes halogenated alkanes) is 1. The molecule has 4 aliphatic heterocycles. The summed E-state index contributed by atoms with van der Waals surface area (Å²) in [5.74, 6) is -9.75. The van der Waals surface area contributed by atoms with Gasteiger partial charge in [-0.05, 0) is 116 Å². The second-order valence-corrected chi connectivity index (χ2v) is 27.7. The zero-order valence-electron chi connectivity index (χ0n) is 59.1. The van der Waals surface area contributed by atoms with Crippen molar-refractivity contribution in [2.24, 2.45) is 29.6 Å². The van der Waals surface area contributed by atoms with Gasteiger partial charge < -0.3 is 64.8 Å². The SMILES string of the molecule is CC[C@@H]1NC(=O)[C@@H]2[C@@H]([C@H](C)CCO)ON2C(=O)[C@H](C(C)C)N(C)C(=O)[C@@H]2CC(C)N(C(=O)[C@H](C)NC(=O)[C@H](CC(C)C)N(C)C(=O)[C@H](C(C)C)NC(=O)C([C@@H](C)OCCCCN3CCOCC3)N(C)C(=O)[C@@H](C)N(C)C1=O)[C@H](C)C(=O)N(C)[C@@H](CC(C)C)C(=O)N2C. The molecule has 4 N–H and O–H groups in total. The maximum absolute atomic E-state index is 15.5. The van der Waals surface area contributed by atoms with Gasteiger partial charge in [-0.15, -0.1) is 0 Å². The maximum atomic E-state index is 15.5. The van der Waals surface area contributed by atoms with Crippen LogP contribution in [0.1, 0.15) is 149 Å². The number of fused-ring (bicyclic) bond motifs is 4. The van der Waals surface area contributed by atoms with Gasteiger partial charge in [-0.25, -0.2) is 5.06 Å². The van der Waals surface area contributed by atoms with Gasteiger partial charge in [0, 0.05) is 74.6 Å². The van der Waals surface area contributed by atoms with E-state index in [0.717, 1.165) is 36.0 Å². The van der Waals surface area contributed by atoms with Gasteiger partial charge in [-0.1, -0.05) is 69.2 Å². The predicted octanol–water partition coefficient (Wildman–Crippen LogP) is 1.33. The average molecular weight is 1300 g/mol. The Morgan fingerprint density at radius 2 is 1.13 bits per heavy atom. The van der Waals surface area contributed by atoms with Crippen LogP contribution in [0.25, 0.3) is 0 Å². The molecule has 27 nitrogen and oxygen atoms in total. The fourth-order valence-electron chi connectivity index (χ4n) is 13.0.